The maximum atomic E-state index is 10.3. The van der Waals surface area contributed by atoms with Crippen LogP contribution in [0, 0.1) is 5.92 Å². The number of phenolic OH excluding ortho intramolecular Hbond substituents is 1. The van der Waals surface area contributed by atoms with Crippen molar-refractivity contribution in [3.63, 3.8) is 0 Å². The highest BCUT2D eigenvalue weighted by atomic mass is 16.5. The molecule has 2 aliphatic heterocycles. The van der Waals surface area contributed by atoms with E-state index in [-0.39, 0.29) is 17.6 Å². The molecule has 0 radical (unpaired) electrons. The summed E-state index contributed by atoms with van der Waals surface area (Å²) in [7, 11) is 2.25. The number of ether oxygens (including phenoxy) is 1. The van der Waals surface area contributed by atoms with E-state index in [1.54, 1.807) is 6.07 Å². The third-order valence-corrected chi connectivity index (χ3v) is 6.64. The number of rotatable bonds is 0. The fourth-order valence-electron chi connectivity index (χ4n) is 5.78. The van der Waals surface area contributed by atoms with E-state index in [9.17, 15) is 5.11 Å². The molecule has 1 saturated carbocycles. The Morgan fingerprint density at radius 2 is 2.24 bits per heavy atom. The molecule has 0 aromatic heterocycles. The Morgan fingerprint density at radius 1 is 1.38 bits per heavy atom. The molecule has 4 heteroatoms. The van der Waals surface area contributed by atoms with Crippen LogP contribution < -0.4 is 10.5 Å². The van der Waals surface area contributed by atoms with Crippen LogP contribution in [0.3, 0.4) is 0 Å². The van der Waals surface area contributed by atoms with E-state index in [4.69, 9.17) is 10.5 Å². The molecule has 2 fully saturated rings. The highest BCUT2D eigenvalue weighted by Crippen LogP contribution is 2.63. The highest BCUT2D eigenvalue weighted by Gasteiger charge is 2.64. The van der Waals surface area contributed by atoms with Crippen LogP contribution in [-0.4, -0.2) is 41.8 Å². The van der Waals surface area contributed by atoms with E-state index < -0.39 is 0 Å². The summed E-state index contributed by atoms with van der Waals surface area (Å²) in [5.41, 5.74) is 9.15. The third kappa shape index (κ3) is 1.25. The van der Waals surface area contributed by atoms with Crippen molar-refractivity contribution in [3.8, 4) is 11.5 Å². The maximum Gasteiger partial charge on any atom is 0.165 e. The molecule has 4 aliphatic rings. The fraction of sp³-hybridized carbons (Fsp3) is 0.647. The molecule has 0 amide bonds. The molecule has 112 valence electrons. The first-order valence-corrected chi connectivity index (χ1v) is 8.10. The number of nitrogens with two attached hydrogens (primary N) is 1. The zero-order chi connectivity index (χ0) is 14.4. The van der Waals surface area contributed by atoms with Crippen LogP contribution in [0.1, 0.15) is 30.4 Å². The van der Waals surface area contributed by atoms with E-state index in [1.807, 2.05) is 0 Å². The number of likely N-dealkylation sites (N-methyl/N-ethyl adjacent to an activating group) is 1. The standard InChI is InChI=1S/C17H22N2O2/c1-19-7-6-17-10-3-4-11(18)16(17)21-15-13(20)5-2-9(14(15)17)8-12(10)19/h2,5,10-12,16,20H,3-4,6-8,18H2,1H3/t10?,11-,12+,16-,17-/m0/s1. The minimum atomic E-state index is 0.0507. The first-order chi connectivity index (χ1) is 10.1. The van der Waals surface area contributed by atoms with Crippen molar-refractivity contribution in [2.24, 2.45) is 11.7 Å². The highest BCUT2D eigenvalue weighted by molar-refractivity contribution is 5.60. The molecule has 4 nitrogen and oxygen atoms in total. The number of piperidine rings is 1. The van der Waals surface area contributed by atoms with Gasteiger partial charge in [0, 0.05) is 23.1 Å². The number of nitrogens with zero attached hydrogens (tertiary/aromatic N) is 1. The molecule has 21 heavy (non-hydrogen) atoms. The molecule has 2 aliphatic carbocycles. The van der Waals surface area contributed by atoms with Crippen molar-refractivity contribution >= 4 is 0 Å². The van der Waals surface area contributed by atoms with Crippen LogP contribution in [-0.2, 0) is 11.8 Å². The van der Waals surface area contributed by atoms with Crippen LogP contribution in [0.25, 0.3) is 0 Å². The molecule has 1 aromatic rings. The normalized spacial score (nSPS) is 43.3. The number of benzene rings is 1. The van der Waals surface area contributed by atoms with Gasteiger partial charge in [0.05, 0.1) is 0 Å². The van der Waals surface area contributed by atoms with Gasteiger partial charge in [0.1, 0.15) is 6.10 Å². The largest absolute Gasteiger partial charge is 0.504 e. The van der Waals surface area contributed by atoms with E-state index in [0.29, 0.717) is 17.7 Å². The lowest BCUT2D eigenvalue weighted by atomic mass is 9.51. The summed E-state index contributed by atoms with van der Waals surface area (Å²) in [4.78, 5) is 2.53. The molecule has 2 bridgehead atoms. The van der Waals surface area contributed by atoms with Crippen LogP contribution in [0.15, 0.2) is 12.1 Å². The zero-order valence-corrected chi connectivity index (χ0v) is 12.4. The molecule has 1 aromatic carbocycles. The van der Waals surface area contributed by atoms with Gasteiger partial charge in [-0.25, -0.2) is 0 Å². The molecule has 3 N–H and O–H groups in total. The summed E-state index contributed by atoms with van der Waals surface area (Å²) < 4.78 is 6.26. The summed E-state index contributed by atoms with van der Waals surface area (Å²) in [6.45, 7) is 1.10. The van der Waals surface area contributed by atoms with Crippen molar-refractivity contribution in [1.29, 1.82) is 0 Å². The Morgan fingerprint density at radius 3 is 3.10 bits per heavy atom. The molecule has 1 saturated heterocycles. The Labute approximate surface area is 124 Å². The minimum absolute atomic E-state index is 0.0507. The Hall–Kier alpha value is -1.26. The molecule has 5 rings (SSSR count). The second-order valence-electron chi connectivity index (χ2n) is 7.38. The molecular weight excluding hydrogens is 264 g/mol. The second-order valence-corrected chi connectivity index (χ2v) is 7.38. The van der Waals surface area contributed by atoms with Gasteiger partial charge >= 0.3 is 0 Å². The fourth-order valence-corrected chi connectivity index (χ4v) is 5.78. The average molecular weight is 286 g/mol. The first-order valence-electron chi connectivity index (χ1n) is 8.10. The van der Waals surface area contributed by atoms with Gasteiger partial charge in [-0.05, 0) is 56.8 Å². The van der Waals surface area contributed by atoms with Crippen LogP contribution in [0.5, 0.6) is 11.5 Å². The molecule has 2 heterocycles. The molecule has 1 spiro atoms. The third-order valence-electron chi connectivity index (χ3n) is 6.64. The Kier molecular flexibility index (Phi) is 2.19. The van der Waals surface area contributed by atoms with Gasteiger partial charge in [-0.1, -0.05) is 6.07 Å². The monoisotopic (exact) mass is 286 g/mol. The predicted octanol–water partition coefficient (Wildman–Crippen LogP) is 1.39. The molecular formula is C17H22N2O2. The number of aromatic hydroxyl groups is 1. The smallest absolute Gasteiger partial charge is 0.165 e. The lowest BCUT2D eigenvalue weighted by molar-refractivity contribution is -0.0510. The van der Waals surface area contributed by atoms with Crippen molar-refractivity contribution < 1.29 is 9.84 Å². The zero-order valence-electron chi connectivity index (χ0n) is 12.4. The van der Waals surface area contributed by atoms with Crippen molar-refractivity contribution in [1.82, 2.24) is 4.90 Å². The summed E-state index contributed by atoms with van der Waals surface area (Å²) in [5.74, 6) is 1.65. The van der Waals surface area contributed by atoms with Crippen molar-refractivity contribution in [2.45, 2.75) is 49.3 Å². The van der Waals surface area contributed by atoms with Crippen molar-refractivity contribution in [2.75, 3.05) is 13.6 Å². The number of hydrogen-bond acceptors (Lipinski definition) is 4. The van der Waals surface area contributed by atoms with Gasteiger partial charge in [0.2, 0.25) is 0 Å². The van der Waals surface area contributed by atoms with Crippen LogP contribution >= 0.6 is 0 Å². The summed E-state index contributed by atoms with van der Waals surface area (Å²) in [6.07, 6.45) is 4.45. The van der Waals surface area contributed by atoms with Crippen LogP contribution in [0.2, 0.25) is 0 Å². The van der Waals surface area contributed by atoms with E-state index in [2.05, 4.69) is 18.0 Å². The number of hydrogen-bond donors (Lipinski definition) is 2. The van der Waals surface area contributed by atoms with Gasteiger partial charge < -0.3 is 20.5 Å². The van der Waals surface area contributed by atoms with E-state index >= 15 is 0 Å². The van der Waals surface area contributed by atoms with Gasteiger partial charge in [-0.3, -0.25) is 0 Å². The molecule has 1 unspecified atom stereocenters. The second kappa shape index (κ2) is 3.73. The first kappa shape index (κ1) is 12.3. The Balaban J connectivity index is 1.81. The minimum Gasteiger partial charge on any atom is -0.504 e. The quantitative estimate of drug-likeness (QED) is 0.756. The van der Waals surface area contributed by atoms with E-state index in [0.717, 1.165) is 31.6 Å². The number of likely N-dealkylation sites (tertiary alicyclic amines) is 1. The van der Waals surface area contributed by atoms with Gasteiger partial charge in [-0.2, -0.15) is 0 Å². The topological polar surface area (TPSA) is 58.7 Å². The van der Waals surface area contributed by atoms with Crippen LogP contribution in [0.4, 0.5) is 0 Å². The number of phenols is 1. The lowest BCUT2D eigenvalue weighted by Crippen LogP contribution is -2.67. The van der Waals surface area contributed by atoms with Gasteiger partial charge in [0.15, 0.2) is 11.5 Å². The van der Waals surface area contributed by atoms with Gasteiger partial charge in [-0.15, -0.1) is 0 Å². The predicted molar refractivity (Wildman–Crippen MR) is 79.6 cm³/mol. The lowest BCUT2D eigenvalue weighted by Gasteiger charge is -2.58. The summed E-state index contributed by atoms with van der Waals surface area (Å²) in [5, 5.41) is 10.3. The summed E-state index contributed by atoms with van der Waals surface area (Å²) >= 11 is 0. The maximum absolute atomic E-state index is 10.3. The summed E-state index contributed by atoms with van der Waals surface area (Å²) in [6, 6.07) is 4.58. The molecule has 5 atom stereocenters. The Bertz CT molecular complexity index is 631. The average Bonchev–Trinajstić information content (AvgIpc) is 2.83. The van der Waals surface area contributed by atoms with Crippen molar-refractivity contribution in [3.05, 3.63) is 23.3 Å². The van der Waals surface area contributed by atoms with E-state index in [1.165, 1.54) is 17.5 Å². The van der Waals surface area contributed by atoms with Gasteiger partial charge in [0.25, 0.3) is 0 Å². The SMILES string of the molecule is CN1CC[C@]23c4c5ccc(O)c4O[C@H]2[C@@H](N)CCC3[C@H]1C5.